The van der Waals surface area contributed by atoms with E-state index in [0.717, 1.165) is 0 Å². The van der Waals surface area contributed by atoms with Gasteiger partial charge in [0.25, 0.3) is 0 Å². The fourth-order valence-electron chi connectivity index (χ4n) is 1.60. The number of carbonyl (C=O) groups is 1. The van der Waals surface area contributed by atoms with Crippen molar-refractivity contribution in [1.82, 2.24) is 0 Å². The number of nitrogens with one attached hydrogen (secondary N) is 1. The van der Waals surface area contributed by atoms with Crippen LogP contribution in [0.2, 0.25) is 10.0 Å². The minimum Gasteiger partial charge on any atom is -0.372 e. The summed E-state index contributed by atoms with van der Waals surface area (Å²) in [6.07, 6.45) is -0.223. The summed E-state index contributed by atoms with van der Waals surface area (Å²) in [6.45, 7) is 2.43. The average Bonchev–Trinajstić information content (AvgIpc) is 2.77. The second-order valence-electron chi connectivity index (χ2n) is 3.95. The van der Waals surface area contributed by atoms with Gasteiger partial charge in [0.05, 0.1) is 34.2 Å². The molecule has 0 saturated carbocycles. The summed E-state index contributed by atoms with van der Waals surface area (Å²) in [5.41, 5.74) is 0.993. The second-order valence-corrected chi connectivity index (χ2v) is 4.76. The molecule has 0 aromatic heterocycles. The van der Waals surface area contributed by atoms with E-state index in [0.29, 0.717) is 34.5 Å². The highest BCUT2D eigenvalue weighted by molar-refractivity contribution is 6.39. The van der Waals surface area contributed by atoms with Crippen LogP contribution >= 0.6 is 23.2 Å². The summed E-state index contributed by atoms with van der Waals surface area (Å²) in [4.78, 5) is 16.3. The Hall–Kier alpha value is -1.30. The Balaban J connectivity index is 1.98. The molecule has 0 radical (unpaired) electrons. The first-order valence-electron chi connectivity index (χ1n) is 5.68. The number of carbonyl (C=O) groups excluding carboxylic acids is 1. The van der Waals surface area contributed by atoms with Crippen molar-refractivity contribution in [3.63, 3.8) is 0 Å². The molecule has 1 atom stereocenters. The summed E-state index contributed by atoms with van der Waals surface area (Å²) >= 11 is 11.8. The molecule has 5 nitrogen and oxygen atoms in total. The predicted molar refractivity (Wildman–Crippen MR) is 74.0 cm³/mol. The molecule has 1 N–H and O–H groups in total. The van der Waals surface area contributed by atoms with Crippen LogP contribution in [0.5, 0.6) is 0 Å². The highest BCUT2D eigenvalue weighted by Crippen LogP contribution is 2.29. The molecular weight excluding hydrogens is 291 g/mol. The Bertz CT molecular complexity index is 499. The number of benzene rings is 1. The van der Waals surface area contributed by atoms with Gasteiger partial charge in [-0.1, -0.05) is 34.4 Å². The third kappa shape index (κ3) is 3.59. The number of hydrogen-bond acceptors (Lipinski definition) is 4. The van der Waals surface area contributed by atoms with Gasteiger partial charge in [-0.2, -0.15) is 0 Å². The number of halogens is 2. The lowest BCUT2D eigenvalue weighted by Gasteiger charge is -2.07. The Morgan fingerprint density at radius 3 is 2.74 bits per heavy atom. The third-order valence-corrected chi connectivity index (χ3v) is 3.26. The maximum atomic E-state index is 11.6. The van der Waals surface area contributed by atoms with Crippen molar-refractivity contribution in [2.45, 2.75) is 19.4 Å². The zero-order valence-corrected chi connectivity index (χ0v) is 11.7. The van der Waals surface area contributed by atoms with Crippen molar-refractivity contribution < 1.29 is 14.4 Å². The van der Waals surface area contributed by atoms with E-state index in [9.17, 15) is 4.79 Å². The molecule has 0 unspecified atom stereocenters. The molecule has 1 amide bonds. The van der Waals surface area contributed by atoms with E-state index in [2.05, 4.69) is 10.5 Å². The van der Waals surface area contributed by atoms with Gasteiger partial charge in [0.2, 0.25) is 0 Å². The molecule has 2 rings (SSSR count). The van der Waals surface area contributed by atoms with E-state index in [1.54, 1.807) is 18.2 Å². The normalized spacial score (nSPS) is 20.6. The molecule has 1 heterocycles. The average molecular weight is 303 g/mol. The van der Waals surface area contributed by atoms with Gasteiger partial charge in [-0.3, -0.25) is 10.2 Å². The summed E-state index contributed by atoms with van der Waals surface area (Å²) in [5.74, 6) is 0. The first-order valence-corrected chi connectivity index (χ1v) is 6.44. The largest absolute Gasteiger partial charge is 0.437 e. The van der Waals surface area contributed by atoms with Gasteiger partial charge < -0.3 is 4.74 Å². The summed E-state index contributed by atoms with van der Waals surface area (Å²) in [5, 5.41) is 6.85. The maximum absolute atomic E-state index is 11.6. The lowest BCUT2D eigenvalue weighted by atomic mass is 10.2. The van der Waals surface area contributed by atoms with E-state index < -0.39 is 6.09 Å². The summed E-state index contributed by atoms with van der Waals surface area (Å²) in [6, 6.07) is 4.91. The molecule has 1 aromatic carbocycles. The highest BCUT2D eigenvalue weighted by Gasteiger charge is 2.20. The molecule has 0 aliphatic carbocycles. The number of oxime groups is 1. The first kappa shape index (κ1) is 14.1. The molecule has 1 fully saturated rings. The molecule has 7 heteroatoms. The predicted octanol–water partition coefficient (Wildman–Crippen LogP) is 3.71. The number of ether oxygens (including phenoxy) is 1. The Morgan fingerprint density at radius 2 is 2.16 bits per heavy atom. The van der Waals surface area contributed by atoms with Gasteiger partial charge in [0.15, 0.2) is 0 Å². The highest BCUT2D eigenvalue weighted by atomic mass is 35.5. The topological polar surface area (TPSA) is 59.9 Å². The molecule has 19 heavy (non-hydrogen) atoms. The molecule has 1 saturated heterocycles. The van der Waals surface area contributed by atoms with Crippen molar-refractivity contribution in [1.29, 1.82) is 0 Å². The number of anilines is 1. The number of nitrogens with zero attached hydrogens (tertiary/aromatic N) is 1. The van der Waals surface area contributed by atoms with Crippen molar-refractivity contribution in [3.8, 4) is 0 Å². The number of para-hydroxylation sites is 1. The molecule has 1 aliphatic heterocycles. The molecule has 1 aliphatic rings. The lowest BCUT2D eigenvalue weighted by Crippen LogP contribution is -2.15. The Kier molecular flexibility index (Phi) is 4.63. The van der Waals surface area contributed by atoms with Gasteiger partial charge in [0, 0.05) is 6.42 Å². The number of rotatable bonds is 2. The SMILES string of the molecule is C[C@@H]1OCCC1=NOC(=O)Nc1c(Cl)cccc1Cl. The Labute approximate surface area is 120 Å². The first-order chi connectivity index (χ1) is 9.08. The van der Waals surface area contributed by atoms with Crippen LogP contribution in [0.4, 0.5) is 10.5 Å². The monoisotopic (exact) mass is 302 g/mol. The van der Waals surface area contributed by atoms with E-state index in [4.69, 9.17) is 32.8 Å². The van der Waals surface area contributed by atoms with Gasteiger partial charge in [-0.25, -0.2) is 4.79 Å². The quantitative estimate of drug-likeness (QED) is 0.669. The zero-order chi connectivity index (χ0) is 13.8. The molecule has 0 spiro atoms. The van der Waals surface area contributed by atoms with Gasteiger partial charge in [-0.05, 0) is 19.1 Å². The van der Waals surface area contributed by atoms with Crippen molar-refractivity contribution in [2.24, 2.45) is 5.16 Å². The van der Waals surface area contributed by atoms with E-state index >= 15 is 0 Å². The van der Waals surface area contributed by atoms with E-state index in [1.165, 1.54) is 0 Å². The third-order valence-electron chi connectivity index (χ3n) is 2.63. The zero-order valence-electron chi connectivity index (χ0n) is 10.2. The van der Waals surface area contributed by atoms with Crippen LogP contribution in [0.15, 0.2) is 23.4 Å². The molecule has 102 valence electrons. The Morgan fingerprint density at radius 1 is 1.47 bits per heavy atom. The van der Waals surface area contributed by atoms with Crippen LogP contribution < -0.4 is 5.32 Å². The minimum absolute atomic E-state index is 0.128. The molecule has 1 aromatic rings. The summed E-state index contributed by atoms with van der Waals surface area (Å²) < 4.78 is 5.27. The molecule has 0 bridgehead atoms. The van der Waals surface area contributed by atoms with Gasteiger partial charge in [0.1, 0.15) is 0 Å². The van der Waals surface area contributed by atoms with Crippen LogP contribution in [0.1, 0.15) is 13.3 Å². The van der Waals surface area contributed by atoms with Crippen LogP contribution in [-0.2, 0) is 9.57 Å². The fourth-order valence-corrected chi connectivity index (χ4v) is 2.09. The molecular formula is C12H12Cl2N2O3. The van der Waals surface area contributed by atoms with Crippen LogP contribution in [0.3, 0.4) is 0 Å². The smallest absolute Gasteiger partial charge is 0.372 e. The number of hydrogen-bond donors (Lipinski definition) is 1. The lowest BCUT2D eigenvalue weighted by molar-refractivity contribution is 0.141. The van der Waals surface area contributed by atoms with Crippen LogP contribution in [-0.4, -0.2) is 24.5 Å². The van der Waals surface area contributed by atoms with Crippen LogP contribution in [0.25, 0.3) is 0 Å². The van der Waals surface area contributed by atoms with Gasteiger partial charge >= 0.3 is 6.09 Å². The maximum Gasteiger partial charge on any atom is 0.437 e. The standard InChI is InChI=1S/C12H12Cl2N2O3/c1-7-10(5-6-18-7)16-19-12(17)15-11-8(13)3-2-4-9(11)14/h2-4,7H,5-6H2,1H3,(H,15,17)/t7-/m0/s1. The minimum atomic E-state index is -0.749. The van der Waals surface area contributed by atoms with Crippen molar-refractivity contribution >= 4 is 40.7 Å². The van der Waals surface area contributed by atoms with Crippen molar-refractivity contribution in [3.05, 3.63) is 28.2 Å². The van der Waals surface area contributed by atoms with E-state index in [1.807, 2.05) is 6.92 Å². The van der Waals surface area contributed by atoms with E-state index in [-0.39, 0.29) is 6.10 Å². The van der Waals surface area contributed by atoms with Crippen molar-refractivity contribution in [2.75, 3.05) is 11.9 Å². The second kappa shape index (κ2) is 6.23. The van der Waals surface area contributed by atoms with Gasteiger partial charge in [-0.15, -0.1) is 0 Å². The fraction of sp³-hybridized carbons (Fsp3) is 0.333. The van der Waals surface area contributed by atoms with Crippen LogP contribution in [0, 0.1) is 0 Å². The number of amides is 1. The summed E-state index contributed by atoms with van der Waals surface area (Å²) in [7, 11) is 0.